The highest BCUT2D eigenvalue weighted by Gasteiger charge is 2.46. The first-order valence-corrected chi connectivity index (χ1v) is 14.6. The van der Waals surface area contributed by atoms with Crippen LogP contribution in [-0.2, 0) is 14.3 Å². The summed E-state index contributed by atoms with van der Waals surface area (Å²) in [5.74, 6) is 0.146. The summed E-state index contributed by atoms with van der Waals surface area (Å²) < 4.78 is 22.8. The summed E-state index contributed by atoms with van der Waals surface area (Å²) in [7, 11) is 1.56. The highest BCUT2D eigenvalue weighted by molar-refractivity contribution is 6.46. The number of morpholine rings is 1. The highest BCUT2D eigenvalue weighted by Crippen LogP contribution is 2.42. The molecule has 0 bridgehead atoms. The lowest BCUT2D eigenvalue weighted by atomic mass is 9.94. The summed E-state index contributed by atoms with van der Waals surface area (Å²) >= 11 is 0. The molecule has 1 amide bonds. The molecule has 9 nitrogen and oxygen atoms in total. The van der Waals surface area contributed by atoms with Gasteiger partial charge in [-0.2, -0.15) is 0 Å². The van der Waals surface area contributed by atoms with Crippen molar-refractivity contribution >= 4 is 17.4 Å². The van der Waals surface area contributed by atoms with Crippen LogP contribution in [-0.4, -0.2) is 86.3 Å². The molecule has 2 aliphatic heterocycles. The maximum absolute atomic E-state index is 13.5. The second kappa shape index (κ2) is 14.9. The number of aryl methyl sites for hydroxylation is 1. The molecule has 1 unspecified atom stereocenters. The van der Waals surface area contributed by atoms with Gasteiger partial charge in [0.2, 0.25) is 0 Å². The Kier molecular flexibility index (Phi) is 11.0. The fourth-order valence-corrected chi connectivity index (χ4v) is 5.30. The smallest absolute Gasteiger partial charge is 0.295 e. The Morgan fingerprint density at radius 3 is 2.50 bits per heavy atom. The zero-order valence-electron chi connectivity index (χ0n) is 24.9. The number of unbranched alkanes of at least 4 members (excludes halogenated alkanes) is 2. The van der Waals surface area contributed by atoms with Crippen molar-refractivity contribution in [1.29, 1.82) is 0 Å². The normalized spacial score (nSPS) is 18.7. The molecular weight excluding hydrogens is 536 g/mol. The van der Waals surface area contributed by atoms with Crippen molar-refractivity contribution in [3.8, 4) is 17.2 Å². The van der Waals surface area contributed by atoms with Crippen LogP contribution in [0.1, 0.15) is 48.9 Å². The number of hydrogen-bond donors (Lipinski definition) is 1. The number of ketones is 1. The van der Waals surface area contributed by atoms with Crippen molar-refractivity contribution in [3.63, 3.8) is 0 Å². The van der Waals surface area contributed by atoms with Gasteiger partial charge in [0, 0.05) is 31.7 Å². The van der Waals surface area contributed by atoms with Gasteiger partial charge < -0.3 is 29.0 Å². The number of benzene rings is 2. The van der Waals surface area contributed by atoms with E-state index in [1.807, 2.05) is 13.0 Å². The number of Topliss-reactive ketones (excluding diaryl/α,β-unsaturated/α-hetero) is 1. The lowest BCUT2D eigenvalue weighted by molar-refractivity contribution is -0.140. The van der Waals surface area contributed by atoms with Crippen molar-refractivity contribution in [2.45, 2.75) is 39.2 Å². The van der Waals surface area contributed by atoms with E-state index in [4.69, 9.17) is 18.9 Å². The second-order valence-corrected chi connectivity index (χ2v) is 10.5. The number of amides is 1. The van der Waals surface area contributed by atoms with Gasteiger partial charge in [-0.1, -0.05) is 38.5 Å². The molecular formula is C33H42N2O7. The Morgan fingerprint density at radius 1 is 1.05 bits per heavy atom. The number of carbonyl (C=O) groups is 2. The zero-order chi connectivity index (χ0) is 30.1. The van der Waals surface area contributed by atoms with Gasteiger partial charge in [0.15, 0.2) is 11.5 Å². The first kappa shape index (κ1) is 31.1. The van der Waals surface area contributed by atoms with Crippen molar-refractivity contribution in [3.05, 3.63) is 71.3 Å². The minimum Gasteiger partial charge on any atom is -0.507 e. The van der Waals surface area contributed by atoms with E-state index >= 15 is 0 Å². The Hall–Kier alpha value is -3.82. The summed E-state index contributed by atoms with van der Waals surface area (Å²) in [6, 6.07) is 9.81. The molecule has 2 saturated heterocycles. The average molecular weight is 579 g/mol. The standard InChI is InChI=1S/C33H42N2O7/c1-5-7-8-18-42-27-12-9-24(22-28(27)39-4)30-29(31(36)25-10-11-26(23(3)21-25)41-17-6-2)32(37)33(38)35(30)14-13-34-15-19-40-20-16-34/h6,9-12,21-22,30,36H,2,5,7-8,13-20H2,1,3-4H3. The lowest BCUT2D eigenvalue weighted by Gasteiger charge is -2.31. The summed E-state index contributed by atoms with van der Waals surface area (Å²) in [5.41, 5.74) is 1.90. The summed E-state index contributed by atoms with van der Waals surface area (Å²) in [4.78, 5) is 30.8. The number of aliphatic hydroxyl groups is 1. The van der Waals surface area contributed by atoms with Gasteiger partial charge in [-0.3, -0.25) is 14.5 Å². The Labute approximate surface area is 248 Å². The topological polar surface area (TPSA) is 97.8 Å². The van der Waals surface area contributed by atoms with E-state index in [0.29, 0.717) is 67.9 Å². The number of aliphatic hydroxyl groups excluding tert-OH is 1. The summed E-state index contributed by atoms with van der Waals surface area (Å²) in [5, 5.41) is 11.6. The molecule has 42 heavy (non-hydrogen) atoms. The molecule has 2 fully saturated rings. The molecule has 9 heteroatoms. The quantitative estimate of drug-likeness (QED) is 0.111. The highest BCUT2D eigenvalue weighted by atomic mass is 16.5. The molecule has 0 radical (unpaired) electrons. The molecule has 0 aromatic heterocycles. The predicted octanol–water partition coefficient (Wildman–Crippen LogP) is 4.89. The molecule has 0 spiro atoms. The average Bonchev–Trinajstić information content (AvgIpc) is 3.26. The number of ether oxygens (including phenoxy) is 4. The lowest BCUT2D eigenvalue weighted by Crippen LogP contribution is -2.42. The third kappa shape index (κ3) is 7.14. The maximum atomic E-state index is 13.5. The van der Waals surface area contributed by atoms with Gasteiger partial charge in [0.25, 0.3) is 11.7 Å². The van der Waals surface area contributed by atoms with E-state index in [2.05, 4.69) is 18.4 Å². The van der Waals surface area contributed by atoms with E-state index in [1.54, 1.807) is 48.4 Å². The number of rotatable bonds is 14. The molecule has 2 aromatic rings. The summed E-state index contributed by atoms with van der Waals surface area (Å²) in [6.07, 6.45) is 4.74. The van der Waals surface area contributed by atoms with E-state index < -0.39 is 17.7 Å². The van der Waals surface area contributed by atoms with Gasteiger partial charge in [0.05, 0.1) is 38.5 Å². The van der Waals surface area contributed by atoms with Crippen LogP contribution < -0.4 is 14.2 Å². The van der Waals surface area contributed by atoms with E-state index in [0.717, 1.165) is 37.9 Å². The van der Waals surface area contributed by atoms with Crippen LogP contribution in [0.25, 0.3) is 5.76 Å². The number of carbonyl (C=O) groups excluding carboxylic acids is 2. The van der Waals surface area contributed by atoms with Crippen molar-refractivity contribution < 1.29 is 33.6 Å². The zero-order valence-corrected chi connectivity index (χ0v) is 24.9. The van der Waals surface area contributed by atoms with Crippen LogP contribution in [0.5, 0.6) is 17.2 Å². The van der Waals surface area contributed by atoms with Crippen LogP contribution in [0.4, 0.5) is 0 Å². The predicted molar refractivity (Wildman–Crippen MR) is 161 cm³/mol. The third-order valence-corrected chi connectivity index (χ3v) is 7.61. The number of nitrogens with zero attached hydrogens (tertiary/aromatic N) is 2. The van der Waals surface area contributed by atoms with Crippen LogP contribution in [0.15, 0.2) is 54.6 Å². The minimum atomic E-state index is -0.800. The molecule has 0 aliphatic carbocycles. The molecule has 1 N–H and O–H groups in total. The van der Waals surface area contributed by atoms with Crippen molar-refractivity contribution in [1.82, 2.24) is 9.80 Å². The molecule has 4 rings (SSSR count). The van der Waals surface area contributed by atoms with E-state index in [1.165, 1.54) is 0 Å². The van der Waals surface area contributed by atoms with Gasteiger partial charge in [0.1, 0.15) is 18.1 Å². The number of methoxy groups -OCH3 is 1. The van der Waals surface area contributed by atoms with Crippen molar-refractivity contribution in [2.75, 3.05) is 59.7 Å². The molecule has 226 valence electrons. The van der Waals surface area contributed by atoms with Crippen LogP contribution in [0.3, 0.4) is 0 Å². The Bertz CT molecular complexity index is 1300. The fraction of sp³-hybridized carbons (Fsp3) is 0.455. The first-order valence-electron chi connectivity index (χ1n) is 14.6. The van der Waals surface area contributed by atoms with Crippen LogP contribution in [0, 0.1) is 6.92 Å². The van der Waals surface area contributed by atoms with Crippen LogP contribution >= 0.6 is 0 Å². The third-order valence-electron chi connectivity index (χ3n) is 7.61. The number of hydrogen-bond acceptors (Lipinski definition) is 8. The van der Waals surface area contributed by atoms with E-state index in [-0.39, 0.29) is 11.3 Å². The second-order valence-electron chi connectivity index (χ2n) is 10.5. The summed E-state index contributed by atoms with van der Waals surface area (Å²) in [6.45, 7) is 12.2. The van der Waals surface area contributed by atoms with Gasteiger partial charge in [-0.15, -0.1) is 0 Å². The molecule has 2 aliphatic rings. The maximum Gasteiger partial charge on any atom is 0.295 e. The van der Waals surface area contributed by atoms with Gasteiger partial charge in [-0.05, 0) is 54.8 Å². The first-order chi connectivity index (χ1) is 20.4. The SMILES string of the molecule is C=CCOc1ccc(C(O)=C2C(=O)C(=O)N(CCN3CCOCC3)C2c2ccc(OCCCCC)c(OC)c2)cc1C. The molecule has 2 aromatic carbocycles. The fourth-order valence-electron chi connectivity index (χ4n) is 5.30. The monoisotopic (exact) mass is 578 g/mol. The number of likely N-dealkylation sites (tertiary alicyclic amines) is 1. The molecule has 0 saturated carbocycles. The van der Waals surface area contributed by atoms with Crippen molar-refractivity contribution in [2.24, 2.45) is 0 Å². The van der Waals surface area contributed by atoms with E-state index in [9.17, 15) is 14.7 Å². The Morgan fingerprint density at radius 2 is 1.81 bits per heavy atom. The van der Waals surface area contributed by atoms with Gasteiger partial charge >= 0.3 is 0 Å². The Balaban J connectivity index is 1.72. The minimum absolute atomic E-state index is 0.0415. The van der Waals surface area contributed by atoms with Gasteiger partial charge in [-0.25, -0.2) is 0 Å². The molecule has 1 atom stereocenters. The largest absolute Gasteiger partial charge is 0.507 e. The molecule has 2 heterocycles. The van der Waals surface area contributed by atoms with Crippen LogP contribution in [0.2, 0.25) is 0 Å².